The first-order valence-electron chi connectivity index (χ1n) is 7.48. The largest absolute Gasteiger partial charge is 0.330 e. The average Bonchev–Trinajstić information content (AvgIpc) is 2.97. The highest BCUT2D eigenvalue weighted by molar-refractivity contribution is 7.09. The number of carbonyl (C=O) groups excluding carboxylic acids is 2. The molecule has 0 atom stereocenters. The van der Waals surface area contributed by atoms with E-state index in [1.807, 2.05) is 14.1 Å². The molecule has 2 amide bonds. The summed E-state index contributed by atoms with van der Waals surface area (Å²) in [4.78, 5) is 29.9. The number of anilines is 2. The van der Waals surface area contributed by atoms with Gasteiger partial charge in [0.15, 0.2) is 0 Å². The fraction of sp³-hybridized carbons (Fsp3) is 0.312. The molecule has 2 aromatic rings. The zero-order chi connectivity index (χ0) is 17.5. The van der Waals surface area contributed by atoms with Crippen LogP contribution in [0.15, 0.2) is 29.6 Å². The molecule has 1 heterocycles. The Bertz CT molecular complexity index is 707. The van der Waals surface area contributed by atoms with Gasteiger partial charge in [0.2, 0.25) is 5.91 Å². The number of nitrogens with zero attached hydrogens (tertiary/aromatic N) is 2. The van der Waals surface area contributed by atoms with E-state index in [0.29, 0.717) is 36.6 Å². The molecule has 1 aromatic heterocycles. The SMILES string of the molecule is CN(C)CC(=O)Nc1ccc(NC(=O)c2csc(CCN)n2)cc1.Cl.Cl. The van der Waals surface area contributed by atoms with E-state index in [1.165, 1.54) is 11.3 Å². The van der Waals surface area contributed by atoms with Gasteiger partial charge in [0.05, 0.1) is 11.6 Å². The van der Waals surface area contributed by atoms with Crippen molar-refractivity contribution >= 4 is 59.3 Å². The van der Waals surface area contributed by atoms with Crippen molar-refractivity contribution in [2.24, 2.45) is 5.73 Å². The summed E-state index contributed by atoms with van der Waals surface area (Å²) in [5.74, 6) is -0.356. The van der Waals surface area contributed by atoms with Crippen molar-refractivity contribution in [2.75, 3.05) is 37.8 Å². The highest BCUT2D eigenvalue weighted by Crippen LogP contribution is 2.16. The second kappa shape index (κ2) is 11.8. The van der Waals surface area contributed by atoms with Crippen LogP contribution in [-0.4, -0.2) is 48.9 Å². The van der Waals surface area contributed by atoms with Crippen molar-refractivity contribution < 1.29 is 9.59 Å². The molecular formula is C16H23Cl2N5O2S. The number of rotatable bonds is 7. The highest BCUT2D eigenvalue weighted by Gasteiger charge is 2.11. The smallest absolute Gasteiger partial charge is 0.275 e. The molecule has 0 aliphatic rings. The minimum atomic E-state index is -0.265. The summed E-state index contributed by atoms with van der Waals surface area (Å²) in [6.45, 7) is 0.822. The van der Waals surface area contributed by atoms with Gasteiger partial charge in [-0.1, -0.05) is 0 Å². The fourth-order valence-electron chi connectivity index (χ4n) is 1.97. The van der Waals surface area contributed by atoms with Crippen molar-refractivity contribution in [3.05, 3.63) is 40.3 Å². The van der Waals surface area contributed by atoms with E-state index in [9.17, 15) is 9.59 Å². The first-order chi connectivity index (χ1) is 11.5. The summed E-state index contributed by atoms with van der Waals surface area (Å²) in [7, 11) is 3.66. The lowest BCUT2D eigenvalue weighted by Crippen LogP contribution is -2.27. The molecule has 0 bridgehead atoms. The lowest BCUT2D eigenvalue weighted by atomic mass is 10.2. The van der Waals surface area contributed by atoms with Gasteiger partial charge in [-0.3, -0.25) is 9.59 Å². The van der Waals surface area contributed by atoms with Gasteiger partial charge in [-0.05, 0) is 44.9 Å². The van der Waals surface area contributed by atoms with Crippen molar-refractivity contribution in [3.63, 3.8) is 0 Å². The third kappa shape index (κ3) is 7.67. The lowest BCUT2D eigenvalue weighted by Gasteiger charge is -2.10. The van der Waals surface area contributed by atoms with E-state index in [1.54, 1.807) is 34.5 Å². The van der Waals surface area contributed by atoms with Crippen molar-refractivity contribution in [1.82, 2.24) is 9.88 Å². The number of amides is 2. The predicted octanol–water partition coefficient (Wildman–Crippen LogP) is 2.24. The van der Waals surface area contributed by atoms with Gasteiger partial charge in [-0.15, -0.1) is 36.2 Å². The van der Waals surface area contributed by atoms with Crippen LogP contribution in [0.25, 0.3) is 0 Å². The van der Waals surface area contributed by atoms with Crippen LogP contribution in [0, 0.1) is 0 Å². The lowest BCUT2D eigenvalue weighted by molar-refractivity contribution is -0.116. The van der Waals surface area contributed by atoms with Gasteiger partial charge in [0.25, 0.3) is 5.91 Å². The van der Waals surface area contributed by atoms with Crippen molar-refractivity contribution in [1.29, 1.82) is 0 Å². The van der Waals surface area contributed by atoms with Crippen LogP contribution in [0.5, 0.6) is 0 Å². The number of likely N-dealkylation sites (N-methyl/N-ethyl adjacent to an activating group) is 1. The Hall–Kier alpha value is -1.71. The molecule has 0 aliphatic carbocycles. The number of thiazole rings is 1. The predicted molar refractivity (Wildman–Crippen MR) is 111 cm³/mol. The normalized spacial score (nSPS) is 9.85. The first kappa shape index (κ1) is 24.3. The number of hydrogen-bond donors (Lipinski definition) is 3. The van der Waals surface area contributed by atoms with Crippen molar-refractivity contribution in [3.8, 4) is 0 Å². The summed E-state index contributed by atoms with van der Waals surface area (Å²) in [6.07, 6.45) is 0.666. The van der Waals surface area contributed by atoms with Gasteiger partial charge in [-0.25, -0.2) is 4.98 Å². The molecule has 0 aliphatic heterocycles. The van der Waals surface area contributed by atoms with Crippen LogP contribution in [-0.2, 0) is 11.2 Å². The zero-order valence-electron chi connectivity index (χ0n) is 14.5. The third-order valence-corrected chi connectivity index (χ3v) is 3.94. The monoisotopic (exact) mass is 419 g/mol. The van der Waals surface area contributed by atoms with Crippen LogP contribution in [0.2, 0.25) is 0 Å². The van der Waals surface area contributed by atoms with Crippen LogP contribution in [0.1, 0.15) is 15.5 Å². The Morgan fingerprint density at radius 2 is 1.69 bits per heavy atom. The minimum absolute atomic E-state index is 0. The molecule has 0 spiro atoms. The van der Waals surface area contributed by atoms with E-state index < -0.39 is 0 Å². The third-order valence-electron chi connectivity index (χ3n) is 3.03. The van der Waals surface area contributed by atoms with E-state index in [0.717, 1.165) is 5.01 Å². The summed E-state index contributed by atoms with van der Waals surface area (Å²) < 4.78 is 0. The van der Waals surface area contributed by atoms with E-state index >= 15 is 0 Å². The molecule has 26 heavy (non-hydrogen) atoms. The summed E-state index contributed by atoms with van der Waals surface area (Å²) >= 11 is 1.42. The number of halogens is 2. The Morgan fingerprint density at radius 1 is 1.12 bits per heavy atom. The number of hydrogen-bond acceptors (Lipinski definition) is 6. The molecule has 0 radical (unpaired) electrons. The molecule has 0 unspecified atom stereocenters. The fourth-order valence-corrected chi connectivity index (χ4v) is 2.77. The van der Waals surface area contributed by atoms with E-state index in [-0.39, 0.29) is 36.6 Å². The molecule has 0 fully saturated rings. The molecule has 7 nitrogen and oxygen atoms in total. The molecule has 4 N–H and O–H groups in total. The maximum Gasteiger partial charge on any atom is 0.275 e. The van der Waals surface area contributed by atoms with Crippen LogP contribution in [0.4, 0.5) is 11.4 Å². The molecule has 144 valence electrons. The molecule has 1 aromatic carbocycles. The average molecular weight is 420 g/mol. The van der Waals surface area contributed by atoms with E-state index in [4.69, 9.17) is 5.73 Å². The first-order valence-corrected chi connectivity index (χ1v) is 8.36. The summed E-state index contributed by atoms with van der Waals surface area (Å²) in [5.41, 5.74) is 7.18. The van der Waals surface area contributed by atoms with Gasteiger partial charge in [0.1, 0.15) is 5.69 Å². The maximum atomic E-state index is 12.1. The van der Waals surface area contributed by atoms with Gasteiger partial charge < -0.3 is 21.3 Å². The number of nitrogens with two attached hydrogens (primary N) is 1. The van der Waals surface area contributed by atoms with Gasteiger partial charge in [-0.2, -0.15) is 0 Å². The molecular weight excluding hydrogens is 397 g/mol. The Morgan fingerprint density at radius 3 is 2.23 bits per heavy atom. The van der Waals surface area contributed by atoms with Crippen molar-refractivity contribution in [2.45, 2.75) is 6.42 Å². The second-order valence-electron chi connectivity index (χ2n) is 5.48. The Kier molecular flexibility index (Phi) is 11.0. The molecule has 2 rings (SSSR count). The zero-order valence-corrected chi connectivity index (χ0v) is 17.0. The van der Waals surface area contributed by atoms with Crippen LogP contribution >= 0.6 is 36.2 Å². The van der Waals surface area contributed by atoms with Crippen LogP contribution < -0.4 is 16.4 Å². The maximum absolute atomic E-state index is 12.1. The molecule has 0 saturated heterocycles. The van der Waals surface area contributed by atoms with Gasteiger partial charge in [0, 0.05) is 23.2 Å². The number of aromatic nitrogens is 1. The van der Waals surface area contributed by atoms with E-state index in [2.05, 4.69) is 15.6 Å². The molecule has 10 heteroatoms. The Balaban J connectivity index is 0.00000312. The standard InChI is InChI=1S/C16H21N5O2S.2ClH/c1-21(2)9-14(22)18-11-3-5-12(6-4-11)19-16(23)13-10-24-15(20-13)7-8-17;;/h3-6,10H,7-9,17H2,1-2H3,(H,18,22)(H,19,23);2*1H. The van der Waals surface area contributed by atoms with Gasteiger partial charge >= 0.3 is 0 Å². The Labute approximate surface area is 169 Å². The highest BCUT2D eigenvalue weighted by atomic mass is 35.5. The second-order valence-corrected chi connectivity index (χ2v) is 6.43. The topological polar surface area (TPSA) is 100 Å². The summed E-state index contributed by atoms with van der Waals surface area (Å²) in [6, 6.07) is 6.95. The quantitative estimate of drug-likeness (QED) is 0.638. The molecule has 0 saturated carbocycles. The van der Waals surface area contributed by atoms with Crippen LogP contribution in [0.3, 0.4) is 0 Å². The number of nitrogens with one attached hydrogen (secondary N) is 2. The number of carbonyl (C=O) groups is 2. The minimum Gasteiger partial charge on any atom is -0.330 e. The number of benzene rings is 1. The summed E-state index contributed by atoms with van der Waals surface area (Å²) in [5, 5.41) is 8.13.